The van der Waals surface area contributed by atoms with Gasteiger partial charge in [-0.2, -0.15) is 0 Å². The van der Waals surface area contributed by atoms with Crippen LogP contribution in [0, 0.1) is 56.7 Å². The van der Waals surface area contributed by atoms with Crippen LogP contribution in [0.3, 0.4) is 0 Å². The molecule has 192 valence electrons. The number of methoxy groups -OCH3 is 1. The van der Waals surface area contributed by atoms with Crippen LogP contribution in [-0.4, -0.2) is 24.3 Å². The molecule has 0 saturated heterocycles. The summed E-state index contributed by atoms with van der Waals surface area (Å²) in [7, 11) is 1.90. The molecule has 0 bridgehead atoms. The molecular weight excluding hydrogens is 420 g/mol. The van der Waals surface area contributed by atoms with Crippen LogP contribution in [0.4, 0.5) is 0 Å². The first kappa shape index (κ1) is 24.8. The van der Waals surface area contributed by atoms with E-state index in [2.05, 4.69) is 54.5 Å². The van der Waals surface area contributed by atoms with Gasteiger partial charge in [0, 0.05) is 7.11 Å². The van der Waals surface area contributed by atoms with E-state index in [0.29, 0.717) is 35.2 Å². The Bertz CT molecular complexity index is 889. The lowest BCUT2D eigenvalue weighted by molar-refractivity contribution is -0.210. The summed E-state index contributed by atoms with van der Waals surface area (Å²) in [5, 5.41) is 10.6. The fourth-order valence-corrected chi connectivity index (χ4v) is 11.3. The Morgan fingerprint density at radius 2 is 1.65 bits per heavy atom. The van der Waals surface area contributed by atoms with Crippen molar-refractivity contribution in [3.05, 3.63) is 11.6 Å². The van der Waals surface area contributed by atoms with Gasteiger partial charge in [-0.3, -0.25) is 4.79 Å². The highest BCUT2D eigenvalue weighted by atomic mass is 16.5. The summed E-state index contributed by atoms with van der Waals surface area (Å²) < 4.78 is 6.01. The van der Waals surface area contributed by atoms with E-state index in [9.17, 15) is 9.90 Å². The van der Waals surface area contributed by atoms with Crippen molar-refractivity contribution in [1.29, 1.82) is 0 Å². The quantitative estimate of drug-likeness (QED) is 0.420. The molecule has 10 atom stereocenters. The number of carboxylic acid groups (broad SMARTS) is 1. The number of hydrogen-bond donors (Lipinski definition) is 1. The second-order valence-corrected chi connectivity index (χ2v) is 14.7. The number of ether oxygens (including phenoxy) is 1. The average molecular weight is 471 g/mol. The highest BCUT2D eigenvalue weighted by Gasteiger charge is 2.69. The first-order chi connectivity index (χ1) is 15.8. The molecule has 0 amide bonds. The largest absolute Gasteiger partial charge is 0.481 e. The lowest BCUT2D eigenvalue weighted by Crippen LogP contribution is -2.65. The minimum Gasteiger partial charge on any atom is -0.481 e. The summed E-state index contributed by atoms with van der Waals surface area (Å²) in [5.74, 6) is 2.07. The minimum atomic E-state index is -0.542. The third-order valence-electron chi connectivity index (χ3n) is 13.6. The van der Waals surface area contributed by atoms with Crippen LogP contribution >= 0.6 is 0 Å². The molecule has 5 rings (SSSR count). The molecular formula is C31H50O3. The van der Waals surface area contributed by atoms with Crippen molar-refractivity contribution in [2.45, 2.75) is 112 Å². The smallest absolute Gasteiger partial charge is 0.310 e. The molecule has 3 nitrogen and oxygen atoms in total. The summed E-state index contributed by atoms with van der Waals surface area (Å²) in [5.41, 5.74) is 1.88. The van der Waals surface area contributed by atoms with Gasteiger partial charge in [0.15, 0.2) is 0 Å². The van der Waals surface area contributed by atoms with Crippen LogP contribution in [0.25, 0.3) is 0 Å². The lowest BCUT2D eigenvalue weighted by atomic mass is 9.33. The number of aliphatic carboxylic acids is 1. The van der Waals surface area contributed by atoms with Crippen LogP contribution in [-0.2, 0) is 9.53 Å². The van der Waals surface area contributed by atoms with E-state index in [-0.39, 0.29) is 22.2 Å². The van der Waals surface area contributed by atoms with Gasteiger partial charge in [0.1, 0.15) is 0 Å². The molecule has 4 saturated carbocycles. The zero-order valence-corrected chi connectivity index (χ0v) is 23.2. The number of carboxylic acids is 1. The molecule has 0 aromatic rings. The highest BCUT2D eigenvalue weighted by molar-refractivity contribution is 5.76. The maximum atomic E-state index is 12.8. The number of hydrogen-bond acceptors (Lipinski definition) is 2. The van der Waals surface area contributed by atoms with Gasteiger partial charge in [0.25, 0.3) is 0 Å². The zero-order chi connectivity index (χ0) is 24.9. The summed E-state index contributed by atoms with van der Waals surface area (Å²) in [6, 6.07) is 0. The number of carbonyl (C=O) groups is 1. The molecule has 5 aliphatic rings. The van der Waals surface area contributed by atoms with Crippen molar-refractivity contribution < 1.29 is 14.6 Å². The molecule has 1 unspecified atom stereocenters. The van der Waals surface area contributed by atoms with Crippen LogP contribution in [0.1, 0.15) is 106 Å². The minimum absolute atomic E-state index is 0.112. The van der Waals surface area contributed by atoms with Gasteiger partial charge in [-0.1, -0.05) is 60.1 Å². The third-order valence-corrected chi connectivity index (χ3v) is 13.6. The van der Waals surface area contributed by atoms with Crippen molar-refractivity contribution >= 4 is 5.97 Å². The lowest BCUT2D eigenvalue weighted by Gasteiger charge is -2.71. The Kier molecular flexibility index (Phi) is 5.55. The maximum absolute atomic E-state index is 12.8. The normalized spacial score (nSPS) is 54.1. The van der Waals surface area contributed by atoms with Crippen molar-refractivity contribution in [2.24, 2.45) is 56.7 Å². The molecule has 0 heterocycles. The second kappa shape index (κ2) is 7.59. The zero-order valence-electron chi connectivity index (χ0n) is 23.2. The second-order valence-electron chi connectivity index (χ2n) is 14.7. The number of rotatable bonds is 2. The summed E-state index contributed by atoms with van der Waals surface area (Å²) in [6.07, 6.45) is 12.9. The molecule has 34 heavy (non-hydrogen) atoms. The van der Waals surface area contributed by atoms with E-state index in [1.165, 1.54) is 19.3 Å². The van der Waals surface area contributed by atoms with E-state index in [1.54, 1.807) is 5.57 Å². The van der Waals surface area contributed by atoms with Crippen LogP contribution in [0.2, 0.25) is 0 Å². The first-order valence-electron chi connectivity index (χ1n) is 14.3. The summed E-state index contributed by atoms with van der Waals surface area (Å²) in [4.78, 5) is 12.8. The predicted octanol–water partition coefficient (Wildman–Crippen LogP) is 7.74. The molecule has 4 fully saturated rings. The van der Waals surface area contributed by atoms with E-state index in [0.717, 1.165) is 38.5 Å². The van der Waals surface area contributed by atoms with Crippen LogP contribution in [0.5, 0.6) is 0 Å². The Morgan fingerprint density at radius 1 is 0.941 bits per heavy atom. The van der Waals surface area contributed by atoms with Gasteiger partial charge in [-0.05, 0) is 109 Å². The average Bonchev–Trinajstić information content (AvgIpc) is 2.76. The van der Waals surface area contributed by atoms with Gasteiger partial charge in [0.2, 0.25) is 0 Å². The molecule has 0 aromatic heterocycles. The topological polar surface area (TPSA) is 46.5 Å². The molecule has 0 aromatic carbocycles. The van der Waals surface area contributed by atoms with Crippen LogP contribution < -0.4 is 0 Å². The maximum Gasteiger partial charge on any atom is 0.310 e. The first-order valence-corrected chi connectivity index (χ1v) is 14.3. The van der Waals surface area contributed by atoms with E-state index >= 15 is 0 Å². The SMILES string of the molecule is COC1CC[C@]2(C)[C@H]3CC=C4[C@@H]5[C@@H](C)[C@H](C)CC[C@]5(C(=O)O)CC[C@@]4(C)[C@]3(C)CC[C@H]2C1(C)C. The van der Waals surface area contributed by atoms with E-state index in [1.807, 2.05) is 7.11 Å². The van der Waals surface area contributed by atoms with E-state index in [4.69, 9.17) is 4.74 Å². The van der Waals surface area contributed by atoms with Crippen molar-refractivity contribution in [2.75, 3.05) is 7.11 Å². The molecule has 3 heteroatoms. The number of fused-ring (bicyclic) bond motifs is 7. The monoisotopic (exact) mass is 470 g/mol. The molecule has 1 N–H and O–H groups in total. The molecule has 0 radical (unpaired) electrons. The fraction of sp³-hybridized carbons (Fsp3) is 0.903. The van der Waals surface area contributed by atoms with Gasteiger partial charge in [-0.15, -0.1) is 0 Å². The standard InChI is InChI=1S/C31H50O3/c1-19-11-16-31(26(32)33)18-17-29(6)21(25(31)20(19)2)9-10-23-28(5)14-13-24(34-8)27(3,4)22(28)12-15-30(23,29)7/h9,19-20,22-25H,10-18H2,1-8H3,(H,32,33)/t19-,20+,22+,23-,24?,25+,28+,29-,30-,31+/m1/s1. The van der Waals surface area contributed by atoms with Gasteiger partial charge >= 0.3 is 5.97 Å². The van der Waals surface area contributed by atoms with Crippen molar-refractivity contribution in [1.82, 2.24) is 0 Å². The molecule has 0 spiro atoms. The predicted molar refractivity (Wildman–Crippen MR) is 137 cm³/mol. The number of allylic oxidation sites excluding steroid dienone is 2. The fourth-order valence-electron chi connectivity index (χ4n) is 11.3. The van der Waals surface area contributed by atoms with Crippen molar-refractivity contribution in [3.8, 4) is 0 Å². The van der Waals surface area contributed by atoms with Gasteiger partial charge in [0.05, 0.1) is 11.5 Å². The van der Waals surface area contributed by atoms with Crippen LogP contribution in [0.15, 0.2) is 11.6 Å². The highest BCUT2D eigenvalue weighted by Crippen LogP contribution is 2.75. The van der Waals surface area contributed by atoms with Crippen molar-refractivity contribution in [3.63, 3.8) is 0 Å². The summed E-state index contributed by atoms with van der Waals surface area (Å²) in [6.45, 7) is 17.4. The van der Waals surface area contributed by atoms with Gasteiger partial charge in [-0.25, -0.2) is 0 Å². The molecule has 0 aliphatic heterocycles. The van der Waals surface area contributed by atoms with Gasteiger partial charge < -0.3 is 9.84 Å². The Labute approximate surface area is 208 Å². The van der Waals surface area contributed by atoms with E-state index < -0.39 is 11.4 Å². The summed E-state index contributed by atoms with van der Waals surface area (Å²) >= 11 is 0. The Morgan fingerprint density at radius 3 is 2.29 bits per heavy atom. The molecule has 5 aliphatic carbocycles. The Balaban J connectivity index is 1.60. The Hall–Kier alpha value is -0.830. The third kappa shape index (κ3) is 2.83.